The monoisotopic (exact) mass is 257 g/mol. The SMILES string of the molecule is O=C(NC1CCCC1)c1ccc(-c2nn[nH]n2)cc1. The normalized spacial score (nSPS) is 15.6. The molecule has 1 heterocycles. The molecule has 19 heavy (non-hydrogen) atoms. The van der Waals surface area contributed by atoms with E-state index in [-0.39, 0.29) is 5.91 Å². The predicted octanol–water partition coefficient (Wildman–Crippen LogP) is 1.54. The Morgan fingerprint density at radius 3 is 2.58 bits per heavy atom. The van der Waals surface area contributed by atoms with Crippen molar-refractivity contribution < 1.29 is 4.79 Å². The van der Waals surface area contributed by atoms with Gasteiger partial charge in [-0.05, 0) is 30.2 Å². The molecule has 2 aromatic rings. The molecule has 1 aromatic heterocycles. The minimum atomic E-state index is -0.00781. The van der Waals surface area contributed by atoms with E-state index in [1.54, 1.807) is 12.1 Å². The van der Waals surface area contributed by atoms with Crippen LogP contribution < -0.4 is 5.32 Å². The quantitative estimate of drug-likeness (QED) is 0.873. The molecule has 0 unspecified atom stereocenters. The van der Waals surface area contributed by atoms with E-state index in [2.05, 4.69) is 25.9 Å². The summed E-state index contributed by atoms with van der Waals surface area (Å²) in [5.74, 6) is 0.523. The summed E-state index contributed by atoms with van der Waals surface area (Å²) in [6.07, 6.45) is 4.60. The van der Waals surface area contributed by atoms with E-state index in [9.17, 15) is 4.79 Å². The van der Waals surface area contributed by atoms with Crippen molar-refractivity contribution in [3.63, 3.8) is 0 Å². The third kappa shape index (κ3) is 2.62. The highest BCUT2D eigenvalue weighted by atomic mass is 16.1. The van der Waals surface area contributed by atoms with Crippen LogP contribution in [0.3, 0.4) is 0 Å². The molecule has 1 fully saturated rings. The highest BCUT2D eigenvalue weighted by Crippen LogP contribution is 2.19. The maximum atomic E-state index is 12.0. The van der Waals surface area contributed by atoms with E-state index in [4.69, 9.17) is 0 Å². The van der Waals surface area contributed by atoms with E-state index < -0.39 is 0 Å². The Hall–Kier alpha value is -2.24. The predicted molar refractivity (Wildman–Crippen MR) is 69.3 cm³/mol. The van der Waals surface area contributed by atoms with Crippen LogP contribution in [0.5, 0.6) is 0 Å². The average molecular weight is 257 g/mol. The van der Waals surface area contributed by atoms with Crippen molar-refractivity contribution in [2.75, 3.05) is 0 Å². The van der Waals surface area contributed by atoms with Gasteiger partial charge < -0.3 is 5.32 Å². The molecule has 0 radical (unpaired) electrons. The van der Waals surface area contributed by atoms with Crippen LogP contribution in [0.15, 0.2) is 24.3 Å². The standard InChI is InChI=1S/C13H15N5O/c19-13(14-11-3-1-2-4-11)10-7-5-9(6-8-10)12-15-17-18-16-12/h5-8,11H,1-4H2,(H,14,19)(H,15,16,17,18). The summed E-state index contributed by atoms with van der Waals surface area (Å²) in [6.45, 7) is 0. The van der Waals surface area contributed by atoms with Gasteiger partial charge in [-0.2, -0.15) is 5.21 Å². The van der Waals surface area contributed by atoms with Gasteiger partial charge in [0, 0.05) is 17.2 Å². The Morgan fingerprint density at radius 1 is 1.21 bits per heavy atom. The zero-order valence-corrected chi connectivity index (χ0v) is 10.5. The van der Waals surface area contributed by atoms with Gasteiger partial charge in [0.25, 0.3) is 5.91 Å². The van der Waals surface area contributed by atoms with E-state index in [0.717, 1.165) is 18.4 Å². The molecule has 98 valence electrons. The number of benzene rings is 1. The highest BCUT2D eigenvalue weighted by Gasteiger charge is 2.17. The second-order valence-corrected chi connectivity index (χ2v) is 4.77. The number of hydrogen-bond donors (Lipinski definition) is 2. The first kappa shape index (κ1) is 11.8. The Morgan fingerprint density at radius 2 is 1.95 bits per heavy atom. The number of nitrogens with zero attached hydrogens (tertiary/aromatic N) is 3. The average Bonchev–Trinajstić information content (AvgIpc) is 3.12. The molecule has 3 rings (SSSR count). The summed E-state index contributed by atoms with van der Waals surface area (Å²) >= 11 is 0. The van der Waals surface area contributed by atoms with Gasteiger partial charge in [-0.15, -0.1) is 10.2 Å². The molecule has 0 aliphatic heterocycles. The van der Waals surface area contributed by atoms with Crippen LogP contribution in [-0.4, -0.2) is 32.6 Å². The summed E-state index contributed by atoms with van der Waals surface area (Å²) in [5, 5.41) is 16.8. The Labute approximate surface area is 110 Å². The third-order valence-electron chi connectivity index (χ3n) is 3.44. The number of nitrogens with one attached hydrogen (secondary N) is 2. The smallest absolute Gasteiger partial charge is 0.251 e. The summed E-state index contributed by atoms with van der Waals surface area (Å²) in [7, 11) is 0. The first-order chi connectivity index (χ1) is 9.33. The fraction of sp³-hybridized carbons (Fsp3) is 0.385. The van der Waals surface area contributed by atoms with Gasteiger partial charge in [-0.1, -0.05) is 25.0 Å². The Balaban J connectivity index is 1.69. The number of rotatable bonds is 3. The van der Waals surface area contributed by atoms with Gasteiger partial charge in [0.15, 0.2) is 0 Å². The fourth-order valence-electron chi connectivity index (χ4n) is 2.39. The van der Waals surface area contributed by atoms with Crippen LogP contribution in [-0.2, 0) is 0 Å². The van der Waals surface area contributed by atoms with Gasteiger partial charge in [-0.3, -0.25) is 4.79 Å². The summed E-state index contributed by atoms with van der Waals surface area (Å²) in [4.78, 5) is 12.0. The molecular weight excluding hydrogens is 242 g/mol. The number of aromatic amines is 1. The van der Waals surface area contributed by atoms with Crippen molar-refractivity contribution >= 4 is 5.91 Å². The second-order valence-electron chi connectivity index (χ2n) is 4.77. The van der Waals surface area contributed by atoms with Crippen molar-refractivity contribution in [3.05, 3.63) is 29.8 Å². The molecule has 2 N–H and O–H groups in total. The molecule has 1 amide bonds. The number of hydrogen-bond acceptors (Lipinski definition) is 4. The lowest BCUT2D eigenvalue weighted by molar-refractivity contribution is 0.0938. The molecule has 0 spiro atoms. The minimum absolute atomic E-state index is 0.00781. The Bertz CT molecular complexity index is 543. The summed E-state index contributed by atoms with van der Waals surface area (Å²) < 4.78 is 0. The van der Waals surface area contributed by atoms with E-state index >= 15 is 0 Å². The number of aromatic nitrogens is 4. The van der Waals surface area contributed by atoms with Crippen molar-refractivity contribution in [3.8, 4) is 11.4 Å². The van der Waals surface area contributed by atoms with Gasteiger partial charge >= 0.3 is 0 Å². The van der Waals surface area contributed by atoms with Gasteiger partial charge in [0.05, 0.1) is 0 Å². The Kier molecular flexibility index (Phi) is 3.22. The number of tetrazole rings is 1. The molecule has 6 nitrogen and oxygen atoms in total. The van der Waals surface area contributed by atoms with E-state index in [1.807, 2.05) is 12.1 Å². The van der Waals surface area contributed by atoms with Gasteiger partial charge in [0.1, 0.15) is 0 Å². The zero-order chi connectivity index (χ0) is 13.1. The molecular formula is C13H15N5O. The summed E-state index contributed by atoms with van der Waals surface area (Å²) in [6, 6.07) is 7.57. The molecule has 1 aliphatic carbocycles. The van der Waals surface area contributed by atoms with Crippen molar-refractivity contribution in [2.24, 2.45) is 0 Å². The molecule has 6 heteroatoms. The van der Waals surface area contributed by atoms with E-state index in [0.29, 0.717) is 17.4 Å². The lowest BCUT2D eigenvalue weighted by Gasteiger charge is -2.11. The lowest BCUT2D eigenvalue weighted by atomic mass is 10.1. The molecule has 1 aromatic carbocycles. The number of H-pyrrole nitrogens is 1. The van der Waals surface area contributed by atoms with Crippen molar-refractivity contribution in [1.29, 1.82) is 0 Å². The van der Waals surface area contributed by atoms with Crippen LogP contribution in [0.2, 0.25) is 0 Å². The maximum Gasteiger partial charge on any atom is 0.251 e. The van der Waals surface area contributed by atoms with Crippen LogP contribution in [0.25, 0.3) is 11.4 Å². The fourth-order valence-corrected chi connectivity index (χ4v) is 2.39. The van der Waals surface area contributed by atoms with Crippen LogP contribution >= 0.6 is 0 Å². The molecule has 1 saturated carbocycles. The number of carbonyl (C=O) groups is 1. The topological polar surface area (TPSA) is 83.6 Å². The third-order valence-corrected chi connectivity index (χ3v) is 3.44. The molecule has 0 bridgehead atoms. The maximum absolute atomic E-state index is 12.0. The largest absolute Gasteiger partial charge is 0.349 e. The van der Waals surface area contributed by atoms with Crippen molar-refractivity contribution in [2.45, 2.75) is 31.7 Å². The second kappa shape index (κ2) is 5.17. The van der Waals surface area contributed by atoms with Gasteiger partial charge in [0.2, 0.25) is 5.82 Å². The number of carbonyl (C=O) groups excluding carboxylic acids is 1. The first-order valence-electron chi connectivity index (χ1n) is 6.48. The number of amides is 1. The lowest BCUT2D eigenvalue weighted by Crippen LogP contribution is -2.32. The van der Waals surface area contributed by atoms with Crippen LogP contribution in [0.4, 0.5) is 0 Å². The van der Waals surface area contributed by atoms with Gasteiger partial charge in [-0.25, -0.2) is 0 Å². The minimum Gasteiger partial charge on any atom is -0.349 e. The first-order valence-corrected chi connectivity index (χ1v) is 6.48. The summed E-state index contributed by atoms with van der Waals surface area (Å²) in [5.41, 5.74) is 1.50. The molecule has 0 saturated heterocycles. The molecule has 1 aliphatic rings. The van der Waals surface area contributed by atoms with Crippen LogP contribution in [0, 0.1) is 0 Å². The zero-order valence-electron chi connectivity index (χ0n) is 10.5. The van der Waals surface area contributed by atoms with E-state index in [1.165, 1.54) is 12.8 Å². The molecule has 0 atom stereocenters. The van der Waals surface area contributed by atoms with Crippen molar-refractivity contribution in [1.82, 2.24) is 25.9 Å². The highest BCUT2D eigenvalue weighted by molar-refractivity contribution is 5.94. The van der Waals surface area contributed by atoms with Crippen LogP contribution in [0.1, 0.15) is 36.0 Å².